The topological polar surface area (TPSA) is 109 Å². The summed E-state index contributed by atoms with van der Waals surface area (Å²) in [5.41, 5.74) is 0.710. The van der Waals surface area contributed by atoms with E-state index in [1.54, 1.807) is 12.1 Å². The Bertz CT molecular complexity index is 1410. The Labute approximate surface area is 195 Å². The fourth-order valence-corrected chi connectivity index (χ4v) is 5.82. The van der Waals surface area contributed by atoms with Crippen LogP contribution in [0.5, 0.6) is 0 Å². The zero-order chi connectivity index (χ0) is 23.9. The molecular weight excluding hydrogens is 461 g/mol. The third-order valence-electron chi connectivity index (χ3n) is 6.56. The van der Waals surface area contributed by atoms with Gasteiger partial charge in [-0.2, -0.15) is 4.31 Å². The van der Waals surface area contributed by atoms with E-state index in [4.69, 9.17) is 4.74 Å². The van der Waals surface area contributed by atoms with Crippen LogP contribution in [0.25, 0.3) is 10.9 Å². The number of ether oxygens (including phenoxy) is 1. The standard InChI is InChI=1S/C24H24FN3O5S/c25-17-3-1-16(2-4-17)24(7-8-24)15-26-23(30)20-14-22(29)27-21-6-5-18(13-19(20)21)34(31,32)28-9-11-33-12-10-28/h1-6,13-14H,7-12,15H2,(H,26,30)(H,27,29). The molecule has 0 unspecified atom stereocenters. The van der Waals surface area contributed by atoms with Crippen molar-refractivity contribution in [1.82, 2.24) is 14.6 Å². The number of morpholine rings is 1. The molecule has 2 aromatic carbocycles. The van der Waals surface area contributed by atoms with Crippen molar-refractivity contribution in [1.29, 1.82) is 0 Å². The average Bonchev–Trinajstić information content (AvgIpc) is 3.64. The van der Waals surface area contributed by atoms with Crippen molar-refractivity contribution in [3.05, 3.63) is 75.8 Å². The van der Waals surface area contributed by atoms with Crippen LogP contribution in [0.2, 0.25) is 0 Å². The molecule has 1 aliphatic carbocycles. The molecular formula is C24H24FN3O5S. The number of sulfonamides is 1. The Morgan fingerprint density at radius 1 is 1.09 bits per heavy atom. The second kappa shape index (κ2) is 8.61. The lowest BCUT2D eigenvalue weighted by Crippen LogP contribution is -2.40. The third-order valence-corrected chi connectivity index (χ3v) is 8.46. The van der Waals surface area contributed by atoms with Gasteiger partial charge in [0.15, 0.2) is 0 Å². The number of aromatic nitrogens is 1. The van der Waals surface area contributed by atoms with Crippen molar-refractivity contribution >= 4 is 26.8 Å². The number of carbonyl (C=O) groups is 1. The van der Waals surface area contributed by atoms with Crippen molar-refractivity contribution in [3.63, 3.8) is 0 Å². The zero-order valence-corrected chi connectivity index (χ0v) is 19.2. The van der Waals surface area contributed by atoms with Crippen LogP contribution in [0.1, 0.15) is 28.8 Å². The predicted octanol–water partition coefficient (Wildman–Crippen LogP) is 2.15. The van der Waals surface area contributed by atoms with Gasteiger partial charge in [0.25, 0.3) is 5.91 Å². The number of nitrogens with one attached hydrogen (secondary N) is 2. The highest BCUT2D eigenvalue weighted by atomic mass is 32.2. The number of aromatic amines is 1. The van der Waals surface area contributed by atoms with Crippen molar-refractivity contribution in [2.24, 2.45) is 0 Å². The van der Waals surface area contributed by atoms with Gasteiger partial charge in [-0.1, -0.05) is 12.1 Å². The number of amides is 1. The summed E-state index contributed by atoms with van der Waals surface area (Å²) in [6, 6.07) is 11.8. The maximum absolute atomic E-state index is 13.3. The summed E-state index contributed by atoms with van der Waals surface area (Å²) in [6.45, 7) is 1.49. The zero-order valence-electron chi connectivity index (χ0n) is 18.3. The molecule has 1 saturated heterocycles. The number of hydrogen-bond acceptors (Lipinski definition) is 5. The summed E-state index contributed by atoms with van der Waals surface area (Å²) < 4.78 is 46.1. The first-order valence-electron chi connectivity index (χ1n) is 11.1. The molecule has 0 spiro atoms. The van der Waals surface area contributed by atoms with Crippen LogP contribution in [0.15, 0.2) is 58.2 Å². The molecule has 8 nitrogen and oxygen atoms in total. The number of carbonyl (C=O) groups excluding carboxylic acids is 1. The molecule has 0 radical (unpaired) electrons. The van der Waals surface area contributed by atoms with E-state index >= 15 is 0 Å². The van der Waals surface area contributed by atoms with E-state index in [2.05, 4.69) is 10.3 Å². The number of fused-ring (bicyclic) bond motifs is 1. The van der Waals surface area contributed by atoms with E-state index in [1.807, 2.05) is 0 Å². The number of halogens is 1. The lowest BCUT2D eigenvalue weighted by molar-refractivity contribution is 0.0730. The number of benzene rings is 2. The van der Waals surface area contributed by atoms with Crippen molar-refractivity contribution in [2.45, 2.75) is 23.2 Å². The van der Waals surface area contributed by atoms with E-state index in [0.29, 0.717) is 30.7 Å². The smallest absolute Gasteiger partial charge is 0.252 e. The van der Waals surface area contributed by atoms with E-state index in [0.717, 1.165) is 18.4 Å². The lowest BCUT2D eigenvalue weighted by Gasteiger charge is -2.26. The third kappa shape index (κ3) is 4.24. The second-order valence-corrected chi connectivity index (χ2v) is 10.7. The maximum Gasteiger partial charge on any atom is 0.252 e. The minimum Gasteiger partial charge on any atom is -0.379 e. The molecule has 2 N–H and O–H groups in total. The van der Waals surface area contributed by atoms with Gasteiger partial charge < -0.3 is 15.0 Å². The van der Waals surface area contributed by atoms with Gasteiger partial charge in [0.2, 0.25) is 15.6 Å². The summed E-state index contributed by atoms with van der Waals surface area (Å²) >= 11 is 0. The van der Waals surface area contributed by atoms with Crippen LogP contribution in [0.3, 0.4) is 0 Å². The van der Waals surface area contributed by atoms with Gasteiger partial charge in [-0.25, -0.2) is 12.8 Å². The Kier molecular flexibility index (Phi) is 5.75. The van der Waals surface area contributed by atoms with Gasteiger partial charge in [-0.05, 0) is 48.7 Å². The molecule has 0 atom stereocenters. The summed E-state index contributed by atoms with van der Waals surface area (Å²) in [6.07, 6.45) is 1.72. The molecule has 0 bridgehead atoms. The van der Waals surface area contributed by atoms with E-state index in [1.165, 1.54) is 40.7 Å². The number of nitrogens with zero attached hydrogens (tertiary/aromatic N) is 1. The normalized spacial score (nSPS) is 18.0. The highest BCUT2D eigenvalue weighted by molar-refractivity contribution is 7.89. The minimum atomic E-state index is -3.77. The van der Waals surface area contributed by atoms with Gasteiger partial charge >= 0.3 is 0 Å². The Morgan fingerprint density at radius 2 is 1.79 bits per heavy atom. The molecule has 10 heteroatoms. The molecule has 178 valence electrons. The first-order chi connectivity index (χ1) is 16.3. The highest BCUT2D eigenvalue weighted by Gasteiger charge is 2.44. The SMILES string of the molecule is O=C(NCC1(c2ccc(F)cc2)CC1)c1cc(=O)[nH]c2ccc(S(=O)(=O)N3CCOCC3)cc12. The van der Waals surface area contributed by atoms with Gasteiger partial charge in [0.05, 0.1) is 23.7 Å². The monoisotopic (exact) mass is 485 g/mol. The molecule has 1 amide bonds. The van der Waals surface area contributed by atoms with Crippen molar-refractivity contribution in [2.75, 3.05) is 32.8 Å². The molecule has 2 heterocycles. The highest BCUT2D eigenvalue weighted by Crippen LogP contribution is 2.47. The number of H-pyrrole nitrogens is 1. The largest absolute Gasteiger partial charge is 0.379 e. The van der Waals surface area contributed by atoms with Crippen LogP contribution in [0, 0.1) is 5.82 Å². The minimum absolute atomic E-state index is 0.0491. The molecule has 1 aromatic heterocycles. The number of hydrogen-bond donors (Lipinski definition) is 2. The van der Waals surface area contributed by atoms with Gasteiger partial charge in [0.1, 0.15) is 5.82 Å². The number of pyridine rings is 1. The van der Waals surface area contributed by atoms with E-state index < -0.39 is 21.5 Å². The molecule has 1 aliphatic heterocycles. The average molecular weight is 486 g/mol. The van der Waals surface area contributed by atoms with Crippen LogP contribution in [-0.2, 0) is 20.2 Å². The second-order valence-electron chi connectivity index (χ2n) is 8.74. The molecule has 1 saturated carbocycles. The Morgan fingerprint density at radius 3 is 2.47 bits per heavy atom. The fourth-order valence-electron chi connectivity index (χ4n) is 4.38. The quantitative estimate of drug-likeness (QED) is 0.556. The van der Waals surface area contributed by atoms with E-state index in [-0.39, 0.29) is 34.8 Å². The molecule has 5 rings (SSSR count). The predicted molar refractivity (Wildman–Crippen MR) is 124 cm³/mol. The molecule has 2 aliphatic rings. The molecule has 34 heavy (non-hydrogen) atoms. The van der Waals surface area contributed by atoms with Crippen LogP contribution < -0.4 is 10.9 Å². The van der Waals surface area contributed by atoms with Crippen molar-refractivity contribution < 1.29 is 22.3 Å². The summed E-state index contributed by atoms with van der Waals surface area (Å²) in [7, 11) is -3.77. The number of rotatable bonds is 6. The summed E-state index contributed by atoms with van der Waals surface area (Å²) in [5, 5.41) is 3.24. The van der Waals surface area contributed by atoms with Crippen LogP contribution in [-0.4, -0.2) is 56.5 Å². The van der Waals surface area contributed by atoms with Gasteiger partial charge in [0, 0.05) is 42.0 Å². The lowest BCUT2D eigenvalue weighted by atomic mass is 9.95. The van der Waals surface area contributed by atoms with Crippen LogP contribution >= 0.6 is 0 Å². The van der Waals surface area contributed by atoms with Gasteiger partial charge in [-0.3, -0.25) is 9.59 Å². The van der Waals surface area contributed by atoms with E-state index in [9.17, 15) is 22.4 Å². The first-order valence-corrected chi connectivity index (χ1v) is 12.5. The summed E-state index contributed by atoms with van der Waals surface area (Å²) in [5.74, 6) is -0.785. The van der Waals surface area contributed by atoms with Crippen molar-refractivity contribution in [3.8, 4) is 0 Å². The Balaban J connectivity index is 1.44. The van der Waals surface area contributed by atoms with Crippen LogP contribution in [0.4, 0.5) is 4.39 Å². The van der Waals surface area contributed by atoms with Gasteiger partial charge in [-0.15, -0.1) is 0 Å². The maximum atomic E-state index is 13.3. The first kappa shape index (κ1) is 22.7. The Hall–Kier alpha value is -3.08. The fraction of sp³-hybridized carbons (Fsp3) is 0.333. The molecule has 3 aromatic rings. The summed E-state index contributed by atoms with van der Waals surface area (Å²) in [4.78, 5) is 28.0. The molecule has 2 fully saturated rings.